The third-order valence-electron chi connectivity index (χ3n) is 7.44. The number of carboxylic acid groups (broad SMARTS) is 1. The Labute approximate surface area is 203 Å². The first-order valence-electron chi connectivity index (χ1n) is 14.1. The van der Waals surface area contributed by atoms with Crippen LogP contribution in [0.5, 0.6) is 0 Å². The molecule has 4 nitrogen and oxygen atoms in total. The SMILES string of the molecule is CCCCCCCCCCCCCCCCC(OC(=O)C1CC=CCC1C(=O)O)C(C)CC. The van der Waals surface area contributed by atoms with E-state index in [0.717, 1.165) is 19.3 Å². The summed E-state index contributed by atoms with van der Waals surface area (Å²) in [6.07, 6.45) is 25.1. The lowest BCUT2D eigenvalue weighted by Gasteiger charge is -2.28. The molecule has 1 rings (SSSR count). The Kier molecular flexibility index (Phi) is 17.1. The summed E-state index contributed by atoms with van der Waals surface area (Å²) < 4.78 is 5.90. The molecule has 0 aliphatic heterocycles. The largest absolute Gasteiger partial charge is 0.481 e. The Morgan fingerprint density at radius 3 is 1.70 bits per heavy atom. The van der Waals surface area contributed by atoms with Crippen LogP contribution in [0.15, 0.2) is 12.2 Å². The van der Waals surface area contributed by atoms with Crippen LogP contribution in [0.1, 0.15) is 136 Å². The van der Waals surface area contributed by atoms with Gasteiger partial charge in [-0.2, -0.15) is 0 Å². The molecule has 1 N–H and O–H groups in total. The highest BCUT2D eigenvalue weighted by molar-refractivity contribution is 5.81. The quantitative estimate of drug-likeness (QED) is 0.111. The number of unbranched alkanes of at least 4 members (excludes halogenated alkanes) is 13. The molecule has 0 aromatic heterocycles. The summed E-state index contributed by atoms with van der Waals surface area (Å²) >= 11 is 0. The maximum atomic E-state index is 12.8. The first kappa shape index (κ1) is 29.7. The molecule has 0 aromatic carbocycles. The molecule has 0 aromatic rings. The number of rotatable bonds is 20. The van der Waals surface area contributed by atoms with Gasteiger partial charge >= 0.3 is 11.9 Å². The Bertz CT molecular complexity index is 542. The molecule has 33 heavy (non-hydrogen) atoms. The number of aliphatic carboxylic acids is 1. The van der Waals surface area contributed by atoms with Crippen molar-refractivity contribution in [3.05, 3.63) is 12.2 Å². The van der Waals surface area contributed by atoms with Crippen LogP contribution in [0.3, 0.4) is 0 Å². The number of carboxylic acids is 1. The van der Waals surface area contributed by atoms with Gasteiger partial charge in [0.05, 0.1) is 11.8 Å². The number of hydrogen-bond donors (Lipinski definition) is 1. The van der Waals surface area contributed by atoms with E-state index in [9.17, 15) is 14.7 Å². The highest BCUT2D eigenvalue weighted by atomic mass is 16.5. The van der Waals surface area contributed by atoms with E-state index in [0.29, 0.717) is 18.8 Å². The van der Waals surface area contributed by atoms with Crippen LogP contribution in [-0.4, -0.2) is 23.1 Å². The van der Waals surface area contributed by atoms with Gasteiger partial charge in [0.2, 0.25) is 0 Å². The number of carbonyl (C=O) groups is 2. The number of carbonyl (C=O) groups excluding carboxylic acids is 1. The maximum Gasteiger partial charge on any atom is 0.310 e. The molecule has 0 spiro atoms. The fourth-order valence-corrected chi connectivity index (χ4v) is 4.85. The monoisotopic (exact) mass is 464 g/mol. The van der Waals surface area contributed by atoms with Gasteiger partial charge in [0.1, 0.15) is 6.10 Å². The van der Waals surface area contributed by atoms with Crippen molar-refractivity contribution in [3.63, 3.8) is 0 Å². The first-order chi connectivity index (χ1) is 16.0. The van der Waals surface area contributed by atoms with Gasteiger partial charge < -0.3 is 9.84 Å². The molecule has 0 saturated heterocycles. The summed E-state index contributed by atoms with van der Waals surface area (Å²) in [5, 5.41) is 9.45. The van der Waals surface area contributed by atoms with E-state index in [1.807, 2.05) is 12.2 Å². The molecular weight excluding hydrogens is 412 g/mol. The van der Waals surface area contributed by atoms with Crippen LogP contribution >= 0.6 is 0 Å². The van der Waals surface area contributed by atoms with Gasteiger partial charge in [-0.1, -0.05) is 123 Å². The van der Waals surface area contributed by atoms with Crippen molar-refractivity contribution in [1.82, 2.24) is 0 Å². The Morgan fingerprint density at radius 1 is 0.788 bits per heavy atom. The highest BCUT2D eigenvalue weighted by Crippen LogP contribution is 2.29. The van der Waals surface area contributed by atoms with Crippen LogP contribution in [0.4, 0.5) is 0 Å². The average molecular weight is 465 g/mol. The summed E-state index contributed by atoms with van der Waals surface area (Å²) in [5.41, 5.74) is 0. The average Bonchev–Trinajstić information content (AvgIpc) is 2.82. The summed E-state index contributed by atoms with van der Waals surface area (Å²) in [7, 11) is 0. The summed E-state index contributed by atoms with van der Waals surface area (Å²) in [6.45, 7) is 6.53. The minimum absolute atomic E-state index is 0.0971. The number of hydrogen-bond acceptors (Lipinski definition) is 3. The third kappa shape index (κ3) is 13.2. The maximum absolute atomic E-state index is 12.8. The minimum Gasteiger partial charge on any atom is -0.481 e. The van der Waals surface area contributed by atoms with Crippen molar-refractivity contribution in [2.24, 2.45) is 17.8 Å². The van der Waals surface area contributed by atoms with Crippen molar-refractivity contribution < 1.29 is 19.4 Å². The van der Waals surface area contributed by atoms with E-state index in [1.54, 1.807) is 0 Å². The number of ether oxygens (including phenoxy) is 1. The molecule has 4 atom stereocenters. The molecule has 0 saturated carbocycles. The van der Waals surface area contributed by atoms with E-state index in [-0.39, 0.29) is 12.1 Å². The molecule has 4 heteroatoms. The second-order valence-corrected chi connectivity index (χ2v) is 10.2. The van der Waals surface area contributed by atoms with Crippen LogP contribution < -0.4 is 0 Å². The van der Waals surface area contributed by atoms with Crippen LogP contribution in [0.25, 0.3) is 0 Å². The van der Waals surface area contributed by atoms with Gasteiger partial charge in [-0.05, 0) is 31.6 Å². The van der Waals surface area contributed by atoms with E-state index in [2.05, 4.69) is 20.8 Å². The summed E-state index contributed by atoms with van der Waals surface area (Å²) in [6, 6.07) is 0. The van der Waals surface area contributed by atoms with E-state index in [4.69, 9.17) is 4.74 Å². The lowest BCUT2D eigenvalue weighted by molar-refractivity contribution is -0.164. The van der Waals surface area contributed by atoms with Gasteiger partial charge in [-0.15, -0.1) is 0 Å². The lowest BCUT2D eigenvalue weighted by Crippen LogP contribution is -2.36. The molecule has 4 unspecified atom stereocenters. The van der Waals surface area contributed by atoms with Gasteiger partial charge in [0.25, 0.3) is 0 Å². The van der Waals surface area contributed by atoms with E-state index >= 15 is 0 Å². The molecule has 1 aliphatic rings. The Hall–Kier alpha value is -1.32. The van der Waals surface area contributed by atoms with Gasteiger partial charge in [-0.3, -0.25) is 9.59 Å². The predicted molar refractivity (Wildman–Crippen MR) is 137 cm³/mol. The van der Waals surface area contributed by atoms with Crippen molar-refractivity contribution in [3.8, 4) is 0 Å². The fraction of sp³-hybridized carbons (Fsp3) is 0.862. The summed E-state index contributed by atoms with van der Waals surface area (Å²) in [5.74, 6) is -2.11. The van der Waals surface area contributed by atoms with Crippen molar-refractivity contribution in [2.75, 3.05) is 0 Å². The van der Waals surface area contributed by atoms with E-state index in [1.165, 1.54) is 83.5 Å². The zero-order valence-corrected chi connectivity index (χ0v) is 21.9. The molecule has 0 radical (unpaired) electrons. The van der Waals surface area contributed by atoms with E-state index < -0.39 is 17.8 Å². The molecule has 0 fully saturated rings. The van der Waals surface area contributed by atoms with Gasteiger partial charge in [0.15, 0.2) is 0 Å². The van der Waals surface area contributed by atoms with Crippen LogP contribution in [-0.2, 0) is 14.3 Å². The Morgan fingerprint density at radius 2 is 1.24 bits per heavy atom. The fourth-order valence-electron chi connectivity index (χ4n) is 4.85. The van der Waals surface area contributed by atoms with Crippen molar-refractivity contribution in [1.29, 1.82) is 0 Å². The third-order valence-corrected chi connectivity index (χ3v) is 7.44. The van der Waals surface area contributed by atoms with Crippen molar-refractivity contribution in [2.45, 2.75) is 142 Å². The number of esters is 1. The zero-order chi connectivity index (χ0) is 24.3. The smallest absolute Gasteiger partial charge is 0.310 e. The lowest BCUT2D eigenvalue weighted by atomic mass is 9.83. The topological polar surface area (TPSA) is 63.6 Å². The molecule has 192 valence electrons. The second kappa shape index (κ2) is 19.0. The zero-order valence-electron chi connectivity index (χ0n) is 21.9. The van der Waals surface area contributed by atoms with Gasteiger partial charge in [-0.25, -0.2) is 0 Å². The summed E-state index contributed by atoms with van der Waals surface area (Å²) in [4.78, 5) is 24.3. The van der Waals surface area contributed by atoms with Crippen molar-refractivity contribution >= 4 is 11.9 Å². The Balaban J connectivity index is 2.18. The normalized spacial score (nSPS) is 19.8. The standard InChI is InChI=1S/C29H52O4/c1-4-6-7-8-9-10-11-12-13-14-15-16-17-18-23-27(24(3)5-2)33-29(32)26-22-20-19-21-25(26)28(30)31/h19-20,24-27H,4-18,21-23H2,1-3H3,(H,30,31). The minimum atomic E-state index is -0.895. The number of allylic oxidation sites excluding steroid dienone is 2. The van der Waals surface area contributed by atoms with Gasteiger partial charge in [0, 0.05) is 0 Å². The molecule has 1 aliphatic carbocycles. The molecular formula is C29H52O4. The van der Waals surface area contributed by atoms with Crippen LogP contribution in [0.2, 0.25) is 0 Å². The second-order valence-electron chi connectivity index (χ2n) is 10.2. The molecule has 0 amide bonds. The first-order valence-corrected chi connectivity index (χ1v) is 14.1. The predicted octanol–water partition coefficient (Wildman–Crippen LogP) is 8.48. The molecule has 0 bridgehead atoms. The molecule has 0 heterocycles. The van der Waals surface area contributed by atoms with Crippen LogP contribution in [0, 0.1) is 17.8 Å². The highest BCUT2D eigenvalue weighted by Gasteiger charge is 2.36.